The summed E-state index contributed by atoms with van der Waals surface area (Å²) in [5.41, 5.74) is 5.74. The number of primary amides is 1. The first-order valence-corrected chi connectivity index (χ1v) is 6.21. The summed E-state index contributed by atoms with van der Waals surface area (Å²) in [7, 11) is 0. The molecular formula is C14H15NO4. The Morgan fingerprint density at radius 1 is 1.11 bits per heavy atom. The predicted molar refractivity (Wildman–Crippen MR) is 67.6 cm³/mol. The highest BCUT2D eigenvalue weighted by Crippen LogP contribution is 2.19. The first kappa shape index (κ1) is 13.3. The van der Waals surface area contributed by atoms with Gasteiger partial charge in [0.1, 0.15) is 0 Å². The summed E-state index contributed by atoms with van der Waals surface area (Å²) >= 11 is 0. The number of hydrogen-bond donors (Lipinski definition) is 1. The van der Waals surface area contributed by atoms with Gasteiger partial charge in [-0.05, 0) is 43.5 Å². The Morgan fingerprint density at radius 3 is 2.32 bits per heavy atom. The lowest BCUT2D eigenvalue weighted by Gasteiger charge is -2.20. The lowest BCUT2D eigenvalue weighted by Crippen LogP contribution is -2.30. The van der Waals surface area contributed by atoms with Gasteiger partial charge >= 0.3 is 5.97 Å². The number of ether oxygens (including phenoxy) is 1. The van der Waals surface area contributed by atoms with E-state index in [1.807, 2.05) is 0 Å². The highest BCUT2D eigenvalue weighted by molar-refractivity contribution is 5.96. The van der Waals surface area contributed by atoms with E-state index in [0.29, 0.717) is 24.0 Å². The van der Waals surface area contributed by atoms with Crippen LogP contribution in [0.4, 0.5) is 0 Å². The van der Waals surface area contributed by atoms with Crippen LogP contribution in [0.5, 0.6) is 0 Å². The van der Waals surface area contributed by atoms with E-state index in [4.69, 9.17) is 10.5 Å². The fourth-order valence-electron chi connectivity index (χ4n) is 2.04. The van der Waals surface area contributed by atoms with Crippen LogP contribution in [0.1, 0.15) is 46.4 Å². The number of carbonyl (C=O) groups excluding carboxylic acids is 3. The molecule has 1 aromatic carbocycles. The van der Waals surface area contributed by atoms with Gasteiger partial charge in [-0.1, -0.05) is 0 Å². The largest absolute Gasteiger partial charge is 0.451 e. The molecule has 0 heterocycles. The van der Waals surface area contributed by atoms with Crippen molar-refractivity contribution in [2.24, 2.45) is 5.73 Å². The number of carbonyl (C=O) groups is 3. The smallest absolute Gasteiger partial charge is 0.338 e. The zero-order valence-electron chi connectivity index (χ0n) is 10.4. The zero-order valence-corrected chi connectivity index (χ0v) is 10.4. The van der Waals surface area contributed by atoms with Gasteiger partial charge in [0.25, 0.3) is 0 Å². The molecule has 0 radical (unpaired) electrons. The summed E-state index contributed by atoms with van der Waals surface area (Å²) in [5, 5.41) is 0. The number of amides is 1. The molecule has 1 aliphatic carbocycles. The van der Waals surface area contributed by atoms with Crippen LogP contribution >= 0.6 is 0 Å². The lowest BCUT2D eigenvalue weighted by atomic mass is 9.96. The van der Waals surface area contributed by atoms with E-state index in [-0.39, 0.29) is 5.78 Å². The van der Waals surface area contributed by atoms with Crippen molar-refractivity contribution < 1.29 is 19.1 Å². The second-order valence-electron chi connectivity index (χ2n) is 4.55. The molecule has 1 unspecified atom stereocenters. The maximum Gasteiger partial charge on any atom is 0.338 e. The molecule has 100 valence electrons. The second kappa shape index (κ2) is 5.65. The Bertz CT molecular complexity index is 507. The van der Waals surface area contributed by atoms with Gasteiger partial charge in [0.2, 0.25) is 5.91 Å². The molecule has 0 aliphatic heterocycles. The van der Waals surface area contributed by atoms with Crippen LogP contribution in [0.2, 0.25) is 0 Å². The van der Waals surface area contributed by atoms with E-state index < -0.39 is 18.0 Å². The van der Waals surface area contributed by atoms with Crippen molar-refractivity contribution in [3.8, 4) is 0 Å². The highest BCUT2D eigenvalue weighted by Gasteiger charge is 2.26. The Balaban J connectivity index is 2.03. The van der Waals surface area contributed by atoms with Gasteiger partial charge in [-0.3, -0.25) is 9.59 Å². The van der Waals surface area contributed by atoms with E-state index in [1.165, 1.54) is 24.3 Å². The van der Waals surface area contributed by atoms with Crippen LogP contribution in [-0.2, 0) is 9.53 Å². The second-order valence-corrected chi connectivity index (χ2v) is 4.55. The third-order valence-corrected chi connectivity index (χ3v) is 3.15. The van der Waals surface area contributed by atoms with Crippen molar-refractivity contribution in [1.82, 2.24) is 0 Å². The molecule has 0 bridgehead atoms. The van der Waals surface area contributed by atoms with E-state index in [2.05, 4.69) is 0 Å². The molecule has 1 aromatic rings. The first-order chi connectivity index (χ1) is 9.08. The van der Waals surface area contributed by atoms with Crippen LogP contribution in [0, 0.1) is 0 Å². The summed E-state index contributed by atoms with van der Waals surface area (Å²) in [5.74, 6) is -1.12. The lowest BCUT2D eigenvalue weighted by molar-refractivity contribution is -0.129. The summed E-state index contributed by atoms with van der Waals surface area (Å²) < 4.78 is 5.19. The Labute approximate surface area is 110 Å². The molecule has 19 heavy (non-hydrogen) atoms. The Hall–Kier alpha value is -2.17. The number of nitrogens with two attached hydrogens (primary N) is 1. The summed E-state index contributed by atoms with van der Waals surface area (Å²) in [6.07, 6.45) is 2.18. The van der Waals surface area contributed by atoms with E-state index in [1.54, 1.807) is 0 Å². The average Bonchev–Trinajstić information content (AvgIpc) is 2.41. The maximum atomic E-state index is 11.8. The molecule has 1 aliphatic rings. The summed E-state index contributed by atoms with van der Waals surface area (Å²) in [6.45, 7) is 0. The van der Waals surface area contributed by atoms with E-state index in [9.17, 15) is 14.4 Å². The molecule has 5 heteroatoms. The van der Waals surface area contributed by atoms with Crippen LogP contribution < -0.4 is 5.73 Å². The minimum Gasteiger partial charge on any atom is -0.451 e. The molecule has 1 amide bonds. The van der Waals surface area contributed by atoms with Crippen molar-refractivity contribution in [3.63, 3.8) is 0 Å². The topological polar surface area (TPSA) is 86.5 Å². The number of ketones is 1. The van der Waals surface area contributed by atoms with Crippen molar-refractivity contribution in [2.75, 3.05) is 0 Å². The fourth-order valence-corrected chi connectivity index (χ4v) is 2.04. The Kier molecular flexibility index (Phi) is 3.94. The van der Waals surface area contributed by atoms with Crippen LogP contribution in [0.3, 0.4) is 0 Å². The monoisotopic (exact) mass is 261 g/mol. The standard InChI is InChI=1S/C14H15NO4/c15-13(17)9-5-7-10(8-6-9)14(18)19-12-4-2-1-3-11(12)16/h5-8,12H,1-4H2,(H2,15,17). The zero-order chi connectivity index (χ0) is 13.8. The number of benzene rings is 1. The minimum absolute atomic E-state index is 0.0200. The van der Waals surface area contributed by atoms with Crippen molar-refractivity contribution >= 4 is 17.7 Å². The van der Waals surface area contributed by atoms with Crippen molar-refractivity contribution in [3.05, 3.63) is 35.4 Å². The van der Waals surface area contributed by atoms with Crippen molar-refractivity contribution in [2.45, 2.75) is 31.8 Å². The highest BCUT2D eigenvalue weighted by atomic mass is 16.5. The van der Waals surface area contributed by atoms with Gasteiger partial charge < -0.3 is 10.5 Å². The van der Waals surface area contributed by atoms with Gasteiger partial charge in [0.15, 0.2) is 11.9 Å². The van der Waals surface area contributed by atoms with Gasteiger partial charge in [0.05, 0.1) is 5.56 Å². The Morgan fingerprint density at radius 2 is 1.74 bits per heavy atom. The molecule has 0 aromatic heterocycles. The van der Waals surface area contributed by atoms with Crippen LogP contribution in [-0.4, -0.2) is 23.8 Å². The van der Waals surface area contributed by atoms with Gasteiger partial charge in [-0.15, -0.1) is 0 Å². The molecule has 1 atom stereocenters. The number of hydrogen-bond acceptors (Lipinski definition) is 4. The maximum absolute atomic E-state index is 11.8. The molecule has 0 saturated heterocycles. The third kappa shape index (κ3) is 3.19. The van der Waals surface area contributed by atoms with E-state index in [0.717, 1.165) is 12.8 Å². The predicted octanol–water partition coefficient (Wildman–Crippen LogP) is 1.45. The number of esters is 1. The van der Waals surface area contributed by atoms with Gasteiger partial charge in [-0.2, -0.15) is 0 Å². The van der Waals surface area contributed by atoms with Crippen LogP contribution in [0.25, 0.3) is 0 Å². The average molecular weight is 261 g/mol. The summed E-state index contributed by atoms with van der Waals surface area (Å²) in [6, 6.07) is 5.86. The molecule has 1 fully saturated rings. The minimum atomic E-state index is -0.628. The van der Waals surface area contributed by atoms with Gasteiger partial charge in [0, 0.05) is 12.0 Å². The number of rotatable bonds is 3. The van der Waals surface area contributed by atoms with Crippen molar-refractivity contribution in [1.29, 1.82) is 0 Å². The quantitative estimate of drug-likeness (QED) is 0.834. The fraction of sp³-hybridized carbons (Fsp3) is 0.357. The molecule has 2 rings (SSSR count). The first-order valence-electron chi connectivity index (χ1n) is 6.21. The molecule has 0 spiro atoms. The van der Waals surface area contributed by atoms with E-state index >= 15 is 0 Å². The molecular weight excluding hydrogens is 246 g/mol. The normalized spacial score (nSPS) is 18.9. The third-order valence-electron chi connectivity index (χ3n) is 3.15. The summed E-state index contributed by atoms with van der Waals surface area (Å²) in [4.78, 5) is 34.3. The SMILES string of the molecule is NC(=O)c1ccc(C(=O)OC2CCCCC2=O)cc1. The number of Topliss-reactive ketones (excluding diaryl/α,β-unsaturated/α-hetero) is 1. The van der Waals surface area contributed by atoms with Crippen LogP contribution in [0.15, 0.2) is 24.3 Å². The molecule has 1 saturated carbocycles. The molecule has 5 nitrogen and oxygen atoms in total. The molecule has 2 N–H and O–H groups in total. The van der Waals surface area contributed by atoms with Gasteiger partial charge in [-0.25, -0.2) is 4.79 Å².